The largest absolute Gasteiger partial charge is 0.469 e. The van der Waals surface area contributed by atoms with Gasteiger partial charge >= 0.3 is 5.97 Å². The summed E-state index contributed by atoms with van der Waals surface area (Å²) in [7, 11) is 1.37. The molecule has 1 rings (SSSR count). The van der Waals surface area contributed by atoms with Crippen molar-refractivity contribution in [1.82, 2.24) is 10.2 Å². The van der Waals surface area contributed by atoms with E-state index in [1.165, 1.54) is 7.11 Å². The topological polar surface area (TPSA) is 58.6 Å². The Kier molecular flexibility index (Phi) is 8.79. The number of ether oxygens (including phenoxy) is 1. The molecule has 6 heteroatoms. The van der Waals surface area contributed by atoms with Crippen LogP contribution in [0.1, 0.15) is 38.8 Å². The quantitative estimate of drug-likeness (QED) is 0.692. The minimum Gasteiger partial charge on any atom is -0.469 e. The second-order valence-corrected chi connectivity index (χ2v) is 6.67. The summed E-state index contributed by atoms with van der Waals surface area (Å²) in [5, 5.41) is 3.60. The van der Waals surface area contributed by atoms with Gasteiger partial charge in [0, 0.05) is 18.1 Å². The van der Waals surface area contributed by atoms with Crippen molar-refractivity contribution in [2.24, 2.45) is 5.92 Å². The van der Waals surface area contributed by atoms with E-state index in [0.29, 0.717) is 17.5 Å². The Hall–Kier alpha value is -1.59. The zero-order chi connectivity index (χ0) is 18.1. The number of hydrogen-bond donors (Lipinski definition) is 1. The minimum absolute atomic E-state index is 0.0899. The first-order chi connectivity index (χ1) is 11.3. The molecule has 0 fully saturated rings. The van der Waals surface area contributed by atoms with Crippen molar-refractivity contribution >= 4 is 23.5 Å². The van der Waals surface area contributed by atoms with E-state index in [9.17, 15) is 9.59 Å². The van der Waals surface area contributed by atoms with Gasteiger partial charge in [0.25, 0.3) is 0 Å². The molecule has 134 valence electrons. The maximum absolute atomic E-state index is 12.3. The summed E-state index contributed by atoms with van der Waals surface area (Å²) >= 11 is 6.16. The molecule has 5 nitrogen and oxygen atoms in total. The zero-order valence-electron chi connectivity index (χ0n) is 14.8. The Morgan fingerprint density at radius 1 is 1.25 bits per heavy atom. The minimum atomic E-state index is -0.270. The Morgan fingerprint density at radius 3 is 2.50 bits per heavy atom. The van der Waals surface area contributed by atoms with Gasteiger partial charge in [0.15, 0.2) is 0 Å². The maximum atomic E-state index is 12.3. The number of esters is 1. The van der Waals surface area contributed by atoms with Gasteiger partial charge < -0.3 is 10.1 Å². The molecule has 0 saturated carbocycles. The van der Waals surface area contributed by atoms with Gasteiger partial charge in [-0.3, -0.25) is 14.5 Å². The van der Waals surface area contributed by atoms with E-state index in [1.54, 1.807) is 6.07 Å². The number of hydrogen-bond acceptors (Lipinski definition) is 4. The van der Waals surface area contributed by atoms with Gasteiger partial charge in [-0.25, -0.2) is 0 Å². The van der Waals surface area contributed by atoms with E-state index in [-0.39, 0.29) is 30.9 Å². The van der Waals surface area contributed by atoms with E-state index in [4.69, 9.17) is 11.6 Å². The lowest BCUT2D eigenvalue weighted by Gasteiger charge is -2.24. The molecular formula is C18H27ClN2O3. The number of methoxy groups -OCH3 is 1. The number of carbonyl (C=O) groups is 2. The zero-order valence-corrected chi connectivity index (χ0v) is 15.6. The molecule has 0 aliphatic rings. The smallest absolute Gasteiger partial charge is 0.306 e. The molecule has 0 saturated heterocycles. The average molecular weight is 355 g/mol. The van der Waals surface area contributed by atoms with Crippen molar-refractivity contribution in [3.8, 4) is 0 Å². The average Bonchev–Trinajstić information content (AvgIpc) is 2.51. The van der Waals surface area contributed by atoms with Gasteiger partial charge in [-0.15, -0.1) is 0 Å². The highest BCUT2D eigenvalue weighted by atomic mass is 35.5. The van der Waals surface area contributed by atoms with E-state index < -0.39 is 0 Å². The van der Waals surface area contributed by atoms with Crippen LogP contribution in [0.25, 0.3) is 0 Å². The Morgan fingerprint density at radius 2 is 1.92 bits per heavy atom. The van der Waals surface area contributed by atoms with Crippen LogP contribution in [-0.2, 0) is 14.3 Å². The molecule has 1 N–H and O–H groups in total. The lowest BCUT2D eigenvalue weighted by Crippen LogP contribution is -2.40. The number of amides is 1. The van der Waals surface area contributed by atoms with Crippen LogP contribution in [0.2, 0.25) is 5.02 Å². The molecular weight excluding hydrogens is 328 g/mol. The summed E-state index contributed by atoms with van der Waals surface area (Å²) in [5.41, 5.74) is 0.887. The molecule has 0 aliphatic carbocycles. The van der Waals surface area contributed by atoms with Crippen LogP contribution in [-0.4, -0.2) is 43.5 Å². The molecule has 0 spiro atoms. The van der Waals surface area contributed by atoms with Gasteiger partial charge in [-0.05, 0) is 24.5 Å². The number of halogens is 1. The molecule has 1 amide bonds. The monoisotopic (exact) mass is 354 g/mol. The predicted octanol–water partition coefficient (Wildman–Crippen LogP) is 3.04. The lowest BCUT2D eigenvalue weighted by molar-refractivity contribution is -0.141. The highest BCUT2D eigenvalue weighted by Gasteiger charge is 2.17. The van der Waals surface area contributed by atoms with Crippen LogP contribution in [0.3, 0.4) is 0 Å². The van der Waals surface area contributed by atoms with Crippen molar-refractivity contribution in [3.63, 3.8) is 0 Å². The molecule has 1 unspecified atom stereocenters. The Balaban J connectivity index is 2.60. The van der Waals surface area contributed by atoms with Crippen LogP contribution in [0, 0.1) is 5.92 Å². The number of nitrogens with zero attached hydrogens (tertiary/aromatic N) is 1. The van der Waals surface area contributed by atoms with Gasteiger partial charge in [0.05, 0.1) is 26.1 Å². The number of rotatable bonds is 9. The van der Waals surface area contributed by atoms with Crippen LogP contribution in [0.15, 0.2) is 24.3 Å². The first kappa shape index (κ1) is 20.5. The van der Waals surface area contributed by atoms with Crippen molar-refractivity contribution in [2.75, 3.05) is 26.7 Å². The second-order valence-electron chi connectivity index (χ2n) is 6.27. The molecule has 1 aromatic carbocycles. The van der Waals surface area contributed by atoms with Crippen molar-refractivity contribution in [2.45, 2.75) is 33.2 Å². The van der Waals surface area contributed by atoms with Gasteiger partial charge in [-0.2, -0.15) is 0 Å². The van der Waals surface area contributed by atoms with Crippen molar-refractivity contribution in [1.29, 1.82) is 0 Å². The third-order valence-corrected chi connectivity index (χ3v) is 3.94. The molecule has 0 aromatic heterocycles. The lowest BCUT2D eigenvalue weighted by atomic mass is 10.1. The standard InChI is InChI=1S/C18H27ClN2O3/c1-13(2)11-21(10-9-18(23)24-4)12-17(22)20-14(3)15-7-5-6-8-16(15)19/h5-8,13-14H,9-12H2,1-4H3,(H,20,22). The highest BCUT2D eigenvalue weighted by Crippen LogP contribution is 2.21. The molecule has 0 radical (unpaired) electrons. The summed E-state index contributed by atoms with van der Waals surface area (Å²) in [5.74, 6) is 0.0398. The normalized spacial score (nSPS) is 12.3. The summed E-state index contributed by atoms with van der Waals surface area (Å²) in [4.78, 5) is 25.6. The van der Waals surface area contributed by atoms with Crippen LogP contribution < -0.4 is 5.32 Å². The Labute approximate surface area is 149 Å². The maximum Gasteiger partial charge on any atom is 0.306 e. The van der Waals surface area contributed by atoms with Crippen LogP contribution >= 0.6 is 11.6 Å². The number of carbonyl (C=O) groups excluding carboxylic acids is 2. The van der Waals surface area contributed by atoms with Crippen LogP contribution in [0.5, 0.6) is 0 Å². The van der Waals surface area contributed by atoms with Gasteiger partial charge in [0.2, 0.25) is 5.91 Å². The predicted molar refractivity (Wildman–Crippen MR) is 95.9 cm³/mol. The summed E-state index contributed by atoms with van der Waals surface area (Å²) in [6.45, 7) is 7.54. The molecule has 0 heterocycles. The van der Waals surface area contributed by atoms with E-state index in [0.717, 1.165) is 12.1 Å². The molecule has 0 bridgehead atoms. The summed E-state index contributed by atoms with van der Waals surface area (Å²) in [6, 6.07) is 7.29. The van der Waals surface area contributed by atoms with E-state index >= 15 is 0 Å². The molecule has 24 heavy (non-hydrogen) atoms. The molecule has 1 aromatic rings. The third-order valence-electron chi connectivity index (χ3n) is 3.60. The third kappa shape index (κ3) is 7.32. The summed E-state index contributed by atoms with van der Waals surface area (Å²) in [6.07, 6.45) is 0.274. The SMILES string of the molecule is COC(=O)CCN(CC(=O)NC(C)c1ccccc1Cl)CC(C)C. The summed E-state index contributed by atoms with van der Waals surface area (Å²) < 4.78 is 4.67. The van der Waals surface area contributed by atoms with E-state index in [1.807, 2.05) is 30.0 Å². The number of benzene rings is 1. The fraction of sp³-hybridized carbons (Fsp3) is 0.556. The fourth-order valence-corrected chi connectivity index (χ4v) is 2.80. The fourth-order valence-electron chi connectivity index (χ4n) is 2.50. The highest BCUT2D eigenvalue weighted by molar-refractivity contribution is 6.31. The van der Waals surface area contributed by atoms with E-state index in [2.05, 4.69) is 23.9 Å². The molecule has 1 atom stereocenters. The number of nitrogens with one attached hydrogen (secondary N) is 1. The second kappa shape index (κ2) is 10.3. The first-order valence-electron chi connectivity index (χ1n) is 8.16. The van der Waals surface area contributed by atoms with Crippen molar-refractivity contribution < 1.29 is 14.3 Å². The molecule has 0 aliphatic heterocycles. The first-order valence-corrected chi connectivity index (χ1v) is 8.54. The van der Waals surface area contributed by atoms with Gasteiger partial charge in [0.1, 0.15) is 0 Å². The van der Waals surface area contributed by atoms with Crippen LogP contribution in [0.4, 0.5) is 0 Å². The Bertz CT molecular complexity index is 549. The van der Waals surface area contributed by atoms with Gasteiger partial charge in [-0.1, -0.05) is 43.6 Å². The van der Waals surface area contributed by atoms with Crippen molar-refractivity contribution in [3.05, 3.63) is 34.9 Å².